The number of amides is 1. The highest BCUT2D eigenvalue weighted by Gasteiger charge is 2.47. The van der Waals surface area contributed by atoms with Gasteiger partial charge < -0.3 is 9.84 Å². The number of nitro groups is 1. The average Bonchev–Trinajstić information content (AvgIpc) is 3.10. The SMILES string of the molecule is CC(C)Oc1ccc(/C(O)=C2/C(=O)C(=O)N(c3ccccn3)C2c2cccc([N+](=O)[O-])c2)cc1. The zero-order valence-corrected chi connectivity index (χ0v) is 18.4. The lowest BCUT2D eigenvalue weighted by atomic mass is 9.95. The first-order valence-corrected chi connectivity index (χ1v) is 10.5. The van der Waals surface area contributed by atoms with Crippen LogP contribution in [0.4, 0.5) is 11.5 Å². The molecule has 2 aromatic carbocycles. The Bertz CT molecular complexity index is 1290. The largest absolute Gasteiger partial charge is 0.507 e. The summed E-state index contributed by atoms with van der Waals surface area (Å²) in [5, 5.41) is 22.5. The summed E-state index contributed by atoms with van der Waals surface area (Å²) in [6, 6.07) is 15.8. The molecule has 172 valence electrons. The van der Waals surface area contributed by atoms with Gasteiger partial charge in [0, 0.05) is 23.9 Å². The third kappa shape index (κ3) is 4.23. The zero-order valence-electron chi connectivity index (χ0n) is 18.4. The maximum Gasteiger partial charge on any atom is 0.301 e. The number of non-ortho nitro benzene ring substituents is 1. The van der Waals surface area contributed by atoms with Crippen LogP contribution in [0, 0.1) is 10.1 Å². The van der Waals surface area contributed by atoms with Gasteiger partial charge >= 0.3 is 5.91 Å². The molecule has 9 heteroatoms. The van der Waals surface area contributed by atoms with E-state index in [2.05, 4.69) is 4.98 Å². The number of nitro benzene ring substituents is 1. The van der Waals surface area contributed by atoms with Crippen LogP contribution in [0.5, 0.6) is 5.75 Å². The molecule has 4 rings (SSSR count). The van der Waals surface area contributed by atoms with Crippen molar-refractivity contribution in [1.82, 2.24) is 4.98 Å². The minimum Gasteiger partial charge on any atom is -0.507 e. The van der Waals surface area contributed by atoms with Gasteiger partial charge in [-0.1, -0.05) is 18.2 Å². The molecular weight excluding hydrogens is 438 g/mol. The molecule has 1 N–H and O–H groups in total. The monoisotopic (exact) mass is 459 g/mol. The predicted molar refractivity (Wildman–Crippen MR) is 124 cm³/mol. The van der Waals surface area contributed by atoms with Crippen molar-refractivity contribution in [2.75, 3.05) is 4.90 Å². The zero-order chi connectivity index (χ0) is 24.4. The Kier molecular flexibility index (Phi) is 6.09. The minimum atomic E-state index is -1.11. The predicted octanol–water partition coefficient (Wildman–Crippen LogP) is 4.40. The lowest BCUT2D eigenvalue weighted by Crippen LogP contribution is -2.30. The Morgan fingerprint density at radius 1 is 1.09 bits per heavy atom. The number of aromatic nitrogens is 1. The fraction of sp³-hybridized carbons (Fsp3) is 0.160. The van der Waals surface area contributed by atoms with Gasteiger partial charge in [-0.05, 0) is 55.8 Å². The number of carbonyl (C=O) groups is 2. The Morgan fingerprint density at radius 3 is 2.44 bits per heavy atom. The summed E-state index contributed by atoms with van der Waals surface area (Å²) in [5.41, 5.74) is 0.193. The fourth-order valence-corrected chi connectivity index (χ4v) is 3.81. The number of carbonyl (C=O) groups excluding carboxylic acids is 2. The molecule has 0 radical (unpaired) electrons. The van der Waals surface area contributed by atoms with Crippen molar-refractivity contribution in [3.05, 3.63) is 99.7 Å². The number of hydrogen-bond acceptors (Lipinski definition) is 7. The molecule has 34 heavy (non-hydrogen) atoms. The first kappa shape index (κ1) is 22.7. The first-order valence-electron chi connectivity index (χ1n) is 10.5. The van der Waals surface area contributed by atoms with Crippen molar-refractivity contribution in [2.24, 2.45) is 0 Å². The van der Waals surface area contributed by atoms with Crippen LogP contribution in [0.3, 0.4) is 0 Å². The maximum atomic E-state index is 13.1. The molecule has 1 unspecified atom stereocenters. The molecule has 1 saturated heterocycles. The van der Waals surface area contributed by atoms with Crippen LogP contribution in [0.2, 0.25) is 0 Å². The van der Waals surface area contributed by atoms with Crippen LogP contribution in [0.15, 0.2) is 78.5 Å². The molecule has 0 bridgehead atoms. The van der Waals surface area contributed by atoms with E-state index in [1.54, 1.807) is 48.5 Å². The second-order valence-corrected chi connectivity index (χ2v) is 7.90. The van der Waals surface area contributed by atoms with Gasteiger partial charge in [0.2, 0.25) is 0 Å². The molecule has 1 aliphatic heterocycles. The average molecular weight is 459 g/mol. The quantitative estimate of drug-likeness (QED) is 0.190. The van der Waals surface area contributed by atoms with Gasteiger partial charge in [0.15, 0.2) is 0 Å². The van der Waals surface area contributed by atoms with E-state index in [0.717, 1.165) is 4.90 Å². The molecule has 0 saturated carbocycles. The lowest BCUT2D eigenvalue weighted by molar-refractivity contribution is -0.384. The third-order valence-corrected chi connectivity index (χ3v) is 5.24. The summed E-state index contributed by atoms with van der Waals surface area (Å²) in [5.74, 6) is -1.44. The fourth-order valence-electron chi connectivity index (χ4n) is 3.81. The third-order valence-electron chi connectivity index (χ3n) is 5.24. The maximum absolute atomic E-state index is 13.1. The summed E-state index contributed by atoms with van der Waals surface area (Å²) in [6.07, 6.45) is 1.42. The molecule has 1 aliphatic rings. The van der Waals surface area contributed by atoms with E-state index in [1.807, 2.05) is 13.8 Å². The van der Waals surface area contributed by atoms with Gasteiger partial charge in [-0.2, -0.15) is 0 Å². The number of benzene rings is 2. The number of Topliss-reactive ketones (excluding diaryl/α,β-unsaturated/α-hetero) is 1. The Labute approximate surface area is 195 Å². The molecule has 1 fully saturated rings. The lowest BCUT2D eigenvalue weighted by Gasteiger charge is -2.24. The van der Waals surface area contributed by atoms with Crippen molar-refractivity contribution in [1.29, 1.82) is 0 Å². The van der Waals surface area contributed by atoms with Crippen LogP contribution >= 0.6 is 0 Å². The smallest absolute Gasteiger partial charge is 0.301 e. The first-order chi connectivity index (χ1) is 16.3. The van der Waals surface area contributed by atoms with Crippen LogP contribution in [0.25, 0.3) is 5.76 Å². The number of ether oxygens (including phenoxy) is 1. The number of ketones is 1. The normalized spacial score (nSPS) is 17.3. The Morgan fingerprint density at radius 2 is 1.82 bits per heavy atom. The van der Waals surface area contributed by atoms with Crippen LogP contribution < -0.4 is 9.64 Å². The number of nitrogens with zero attached hydrogens (tertiary/aromatic N) is 3. The van der Waals surface area contributed by atoms with Gasteiger partial charge in [-0.25, -0.2) is 4.98 Å². The summed E-state index contributed by atoms with van der Waals surface area (Å²) in [4.78, 5) is 42.3. The highest BCUT2D eigenvalue weighted by Crippen LogP contribution is 2.42. The molecule has 9 nitrogen and oxygen atoms in total. The number of aliphatic hydroxyl groups excluding tert-OH is 1. The highest BCUT2D eigenvalue weighted by atomic mass is 16.6. The van der Waals surface area contributed by atoms with Crippen molar-refractivity contribution in [2.45, 2.75) is 26.0 Å². The van der Waals surface area contributed by atoms with Crippen LogP contribution in [0.1, 0.15) is 31.0 Å². The number of hydrogen-bond donors (Lipinski definition) is 1. The van der Waals surface area contributed by atoms with Crippen molar-refractivity contribution in [3.8, 4) is 5.75 Å². The number of rotatable bonds is 6. The Hall–Kier alpha value is -4.53. The van der Waals surface area contributed by atoms with Gasteiger partial charge in [0.05, 0.1) is 22.6 Å². The molecule has 0 spiro atoms. The minimum absolute atomic E-state index is 0.0444. The van der Waals surface area contributed by atoms with Gasteiger partial charge in [-0.15, -0.1) is 0 Å². The highest BCUT2D eigenvalue weighted by molar-refractivity contribution is 6.51. The Balaban J connectivity index is 1.89. The second-order valence-electron chi connectivity index (χ2n) is 7.90. The van der Waals surface area contributed by atoms with Crippen molar-refractivity contribution in [3.63, 3.8) is 0 Å². The standard InChI is InChI=1S/C25H21N3O6/c1-15(2)34-19-11-9-16(10-12-19)23(29)21-22(17-6-5-7-18(14-17)28(32)33)27(25(31)24(21)30)20-8-3-4-13-26-20/h3-15,22,29H,1-2H3/b23-21-. The van der Waals surface area contributed by atoms with Crippen molar-refractivity contribution < 1.29 is 24.4 Å². The van der Waals surface area contributed by atoms with Gasteiger partial charge in [0.25, 0.3) is 11.5 Å². The van der Waals surface area contributed by atoms with E-state index >= 15 is 0 Å². The second kappa shape index (κ2) is 9.14. The van der Waals surface area contributed by atoms with E-state index in [1.165, 1.54) is 24.4 Å². The number of aliphatic hydroxyl groups is 1. The summed E-state index contributed by atoms with van der Waals surface area (Å²) in [7, 11) is 0. The molecule has 2 heterocycles. The molecular formula is C25H21N3O6. The van der Waals surface area contributed by atoms with Crippen LogP contribution in [-0.2, 0) is 9.59 Å². The number of anilines is 1. The van der Waals surface area contributed by atoms with Crippen molar-refractivity contribution >= 4 is 29.0 Å². The van der Waals surface area contributed by atoms with Crippen LogP contribution in [-0.4, -0.2) is 32.8 Å². The van der Waals surface area contributed by atoms with E-state index in [-0.39, 0.29) is 23.2 Å². The van der Waals surface area contributed by atoms with E-state index < -0.39 is 28.4 Å². The molecule has 1 amide bonds. The molecule has 1 atom stereocenters. The van der Waals surface area contributed by atoms with Gasteiger partial charge in [0.1, 0.15) is 17.3 Å². The van der Waals surface area contributed by atoms with E-state index in [0.29, 0.717) is 16.9 Å². The summed E-state index contributed by atoms with van der Waals surface area (Å²) < 4.78 is 5.61. The summed E-state index contributed by atoms with van der Waals surface area (Å²) >= 11 is 0. The summed E-state index contributed by atoms with van der Waals surface area (Å²) in [6.45, 7) is 3.76. The topological polar surface area (TPSA) is 123 Å². The van der Waals surface area contributed by atoms with E-state index in [4.69, 9.17) is 4.74 Å². The molecule has 1 aromatic heterocycles. The molecule has 0 aliphatic carbocycles. The number of pyridine rings is 1. The van der Waals surface area contributed by atoms with Gasteiger partial charge in [-0.3, -0.25) is 24.6 Å². The van der Waals surface area contributed by atoms with E-state index in [9.17, 15) is 24.8 Å². The molecule has 3 aromatic rings.